The van der Waals surface area contributed by atoms with Crippen LogP contribution in [0.2, 0.25) is 0 Å². The summed E-state index contributed by atoms with van der Waals surface area (Å²) in [5, 5.41) is 0. The van der Waals surface area contributed by atoms with Crippen molar-refractivity contribution in [2.75, 3.05) is 6.61 Å². The maximum atomic E-state index is 12.0. The molecule has 0 spiro atoms. The van der Waals surface area contributed by atoms with Crippen molar-refractivity contribution in [2.24, 2.45) is 0 Å². The van der Waals surface area contributed by atoms with E-state index in [4.69, 9.17) is 19.3 Å². The van der Waals surface area contributed by atoms with Crippen LogP contribution in [0, 0.1) is 6.92 Å². The molecular formula is C12H18N2O12P2. The molecule has 2 heterocycles. The van der Waals surface area contributed by atoms with Gasteiger partial charge in [-0.2, -0.15) is 4.31 Å². The van der Waals surface area contributed by atoms with Crippen LogP contribution in [-0.2, 0) is 32.2 Å². The first-order valence-electron chi connectivity index (χ1n) is 7.66. The Morgan fingerprint density at radius 2 is 2.00 bits per heavy atom. The number of rotatable bonds is 7. The fourth-order valence-electron chi connectivity index (χ4n) is 2.48. The van der Waals surface area contributed by atoms with Gasteiger partial charge in [0, 0.05) is 25.1 Å². The van der Waals surface area contributed by atoms with Crippen LogP contribution in [-0.4, -0.2) is 49.0 Å². The molecule has 14 nitrogen and oxygen atoms in total. The quantitative estimate of drug-likeness (QED) is 0.304. The zero-order valence-electron chi connectivity index (χ0n) is 14.6. The Morgan fingerprint density at radius 3 is 2.57 bits per heavy atom. The second-order valence-corrected chi connectivity index (χ2v) is 8.66. The van der Waals surface area contributed by atoms with Gasteiger partial charge in [-0.3, -0.25) is 23.7 Å². The van der Waals surface area contributed by atoms with Crippen molar-refractivity contribution >= 4 is 21.6 Å². The van der Waals surface area contributed by atoms with E-state index in [0.717, 1.165) is 11.5 Å². The Kier molecular flexibility index (Phi) is 6.79. The molecule has 1 saturated heterocycles. The van der Waals surface area contributed by atoms with Crippen LogP contribution >= 0.6 is 15.6 Å². The lowest BCUT2D eigenvalue weighted by Gasteiger charge is -2.20. The van der Waals surface area contributed by atoms with E-state index in [0.29, 0.717) is 0 Å². The molecule has 1 aliphatic heterocycles. The number of aromatic nitrogens is 2. The number of hydrogen-bond acceptors (Lipinski definition) is 9. The largest absolute Gasteiger partial charge is 0.481 e. The van der Waals surface area contributed by atoms with E-state index in [2.05, 4.69) is 13.8 Å². The summed E-state index contributed by atoms with van der Waals surface area (Å²) in [4.78, 5) is 63.3. The van der Waals surface area contributed by atoms with E-state index in [9.17, 15) is 28.4 Å². The Labute approximate surface area is 156 Å². The number of H-pyrrole nitrogens is 1. The molecular weight excluding hydrogens is 426 g/mol. The molecule has 0 amide bonds. The zero-order valence-corrected chi connectivity index (χ0v) is 16.4. The van der Waals surface area contributed by atoms with Gasteiger partial charge in [-0.25, -0.2) is 13.9 Å². The molecule has 16 heteroatoms. The van der Waals surface area contributed by atoms with Gasteiger partial charge in [-0.15, -0.1) is 0 Å². The lowest BCUT2D eigenvalue weighted by molar-refractivity contribution is -0.150. The first-order valence-corrected chi connectivity index (χ1v) is 10.7. The van der Waals surface area contributed by atoms with Crippen molar-refractivity contribution in [3.63, 3.8) is 0 Å². The molecule has 0 aliphatic carbocycles. The summed E-state index contributed by atoms with van der Waals surface area (Å²) in [6.45, 7) is 1.81. The van der Waals surface area contributed by atoms with Crippen molar-refractivity contribution in [2.45, 2.75) is 38.7 Å². The molecule has 2 rings (SSSR count). The van der Waals surface area contributed by atoms with Gasteiger partial charge in [0.1, 0.15) is 18.4 Å². The highest BCUT2D eigenvalue weighted by atomic mass is 31.3. The molecule has 0 saturated carbocycles. The number of carbonyl (C=O) groups is 1. The lowest BCUT2D eigenvalue weighted by Crippen LogP contribution is -2.33. The van der Waals surface area contributed by atoms with Crippen molar-refractivity contribution in [3.05, 3.63) is 32.6 Å². The van der Waals surface area contributed by atoms with Gasteiger partial charge in [0.15, 0.2) is 0 Å². The minimum absolute atomic E-state index is 0.0614. The van der Waals surface area contributed by atoms with E-state index >= 15 is 0 Å². The monoisotopic (exact) mass is 444 g/mol. The van der Waals surface area contributed by atoms with E-state index < -0.39 is 57.9 Å². The third kappa shape index (κ3) is 6.19. The normalized spacial score (nSPS) is 24.7. The standard InChI is InChI=1S/C12H18N2O12P2/c1-6-4-14(12(17)13-11(6)16)10-3-8(24-7(2)15)9(25-10)5-23-28(21,22)26-27(18,19)20/h4,8-10H,3,5H2,1-2H3,(H,21,22)(H,13,16,17)(H2,18,19,20)/t8-,9+,10+/m0/s1. The second-order valence-electron chi connectivity index (χ2n) is 5.83. The molecule has 28 heavy (non-hydrogen) atoms. The van der Waals surface area contributed by atoms with Gasteiger partial charge in [-0.1, -0.05) is 0 Å². The van der Waals surface area contributed by atoms with Gasteiger partial charge in [-0.05, 0) is 6.92 Å². The van der Waals surface area contributed by atoms with Crippen LogP contribution in [0.15, 0.2) is 15.8 Å². The fraction of sp³-hybridized carbons (Fsp3) is 0.583. The number of nitrogens with zero attached hydrogens (tertiary/aromatic N) is 1. The molecule has 1 unspecified atom stereocenters. The second kappa shape index (κ2) is 8.39. The van der Waals surface area contributed by atoms with E-state index in [1.807, 2.05) is 0 Å². The summed E-state index contributed by atoms with van der Waals surface area (Å²) in [6, 6.07) is 0. The first-order chi connectivity index (χ1) is 12.8. The summed E-state index contributed by atoms with van der Waals surface area (Å²) in [7, 11) is -10.4. The third-order valence-electron chi connectivity index (χ3n) is 3.57. The van der Waals surface area contributed by atoms with E-state index in [1.54, 1.807) is 0 Å². The Hall–Kier alpha value is -1.63. The van der Waals surface area contributed by atoms with E-state index in [-0.39, 0.29) is 12.0 Å². The van der Waals surface area contributed by atoms with Crippen molar-refractivity contribution < 1.29 is 46.9 Å². The predicted octanol–water partition coefficient (Wildman–Crippen LogP) is -0.709. The molecule has 0 aromatic carbocycles. The smallest absolute Gasteiger partial charge is 0.460 e. The Balaban J connectivity index is 2.19. The van der Waals surface area contributed by atoms with Crippen molar-refractivity contribution in [1.29, 1.82) is 0 Å². The topological polar surface area (TPSA) is 204 Å². The predicted molar refractivity (Wildman–Crippen MR) is 89.0 cm³/mol. The maximum absolute atomic E-state index is 12.0. The summed E-state index contributed by atoms with van der Waals surface area (Å²) in [6.07, 6.45) is -2.03. The van der Waals surface area contributed by atoms with Gasteiger partial charge < -0.3 is 24.2 Å². The molecule has 4 atom stereocenters. The maximum Gasteiger partial charge on any atom is 0.481 e. The van der Waals surface area contributed by atoms with Crippen LogP contribution in [0.1, 0.15) is 25.1 Å². The summed E-state index contributed by atoms with van der Waals surface area (Å²) < 4.78 is 42.0. The van der Waals surface area contributed by atoms with Crippen LogP contribution in [0.25, 0.3) is 0 Å². The number of aryl methyl sites for hydroxylation is 1. The molecule has 0 radical (unpaired) electrons. The lowest BCUT2D eigenvalue weighted by atomic mass is 10.2. The molecule has 4 N–H and O–H groups in total. The third-order valence-corrected chi connectivity index (χ3v) is 5.72. The van der Waals surface area contributed by atoms with E-state index in [1.165, 1.54) is 13.1 Å². The molecule has 1 fully saturated rings. The average Bonchev–Trinajstić information content (AvgIpc) is 2.88. The number of esters is 1. The van der Waals surface area contributed by atoms with Crippen molar-refractivity contribution in [1.82, 2.24) is 9.55 Å². The van der Waals surface area contributed by atoms with Gasteiger partial charge >= 0.3 is 27.3 Å². The van der Waals surface area contributed by atoms with Gasteiger partial charge in [0.2, 0.25) is 0 Å². The molecule has 0 bridgehead atoms. The van der Waals surface area contributed by atoms with Crippen LogP contribution in [0.3, 0.4) is 0 Å². The summed E-state index contributed by atoms with van der Waals surface area (Å²) >= 11 is 0. The first kappa shape index (κ1) is 22.7. The average molecular weight is 444 g/mol. The highest BCUT2D eigenvalue weighted by Crippen LogP contribution is 2.57. The fourth-order valence-corrected chi connectivity index (χ4v) is 4.08. The SMILES string of the molecule is CC(=O)O[C@H]1C[C@H](n2cc(C)c(=O)[nH]c2=O)O[C@@H]1COP(=O)(O)OP(=O)(O)O. The number of hydrogen-bond donors (Lipinski definition) is 4. The minimum Gasteiger partial charge on any atom is -0.460 e. The number of phosphoric acid groups is 2. The molecule has 1 aromatic rings. The number of carbonyl (C=O) groups excluding carboxylic acids is 1. The molecule has 1 aromatic heterocycles. The van der Waals surface area contributed by atoms with Crippen LogP contribution in [0.4, 0.5) is 0 Å². The Bertz CT molecular complexity index is 949. The minimum atomic E-state index is -5.31. The summed E-state index contributed by atoms with van der Waals surface area (Å²) in [5.74, 6) is -0.706. The number of phosphoric ester groups is 1. The number of ether oxygens (including phenoxy) is 2. The highest BCUT2D eigenvalue weighted by Gasteiger charge is 2.41. The van der Waals surface area contributed by atoms with Crippen LogP contribution < -0.4 is 11.2 Å². The number of aromatic amines is 1. The molecule has 158 valence electrons. The zero-order chi connectivity index (χ0) is 21.3. The van der Waals surface area contributed by atoms with Crippen LogP contribution in [0.5, 0.6) is 0 Å². The van der Waals surface area contributed by atoms with Crippen molar-refractivity contribution in [3.8, 4) is 0 Å². The Morgan fingerprint density at radius 1 is 1.36 bits per heavy atom. The molecule has 1 aliphatic rings. The highest BCUT2D eigenvalue weighted by molar-refractivity contribution is 7.60. The van der Waals surface area contributed by atoms with Gasteiger partial charge in [0.25, 0.3) is 5.56 Å². The summed E-state index contributed by atoms with van der Waals surface area (Å²) in [5.41, 5.74) is -1.17. The van der Waals surface area contributed by atoms with Gasteiger partial charge in [0.05, 0.1) is 6.61 Å². The number of nitrogens with one attached hydrogen (secondary N) is 1.